The molecule has 0 spiro atoms. The Kier molecular flexibility index (Phi) is 4.95. The minimum Gasteiger partial charge on any atom is -0.467 e. The molecular formula is C20H19N3OS2. The Labute approximate surface area is 160 Å². The molecule has 0 aliphatic carbocycles. The van der Waals surface area contributed by atoms with E-state index >= 15 is 0 Å². The quantitative estimate of drug-likeness (QED) is 0.410. The zero-order valence-corrected chi connectivity index (χ0v) is 16.3. The van der Waals surface area contributed by atoms with Crippen molar-refractivity contribution in [3.8, 4) is 10.7 Å². The predicted octanol–water partition coefficient (Wildman–Crippen LogP) is 5.56. The molecule has 0 atom stereocenters. The molecule has 0 saturated heterocycles. The highest BCUT2D eigenvalue weighted by atomic mass is 32.2. The maximum Gasteiger partial charge on any atom is 0.192 e. The van der Waals surface area contributed by atoms with Gasteiger partial charge in [-0.3, -0.25) is 4.57 Å². The van der Waals surface area contributed by atoms with Crippen LogP contribution in [0.5, 0.6) is 0 Å². The van der Waals surface area contributed by atoms with Crippen LogP contribution in [-0.4, -0.2) is 14.8 Å². The molecule has 0 N–H and O–H groups in total. The molecular weight excluding hydrogens is 362 g/mol. The van der Waals surface area contributed by atoms with Crippen molar-refractivity contribution in [2.24, 2.45) is 0 Å². The normalized spacial score (nSPS) is 11.2. The molecule has 0 amide bonds. The van der Waals surface area contributed by atoms with Gasteiger partial charge in [-0.1, -0.05) is 36.0 Å². The summed E-state index contributed by atoms with van der Waals surface area (Å²) in [5.74, 6) is 2.65. The van der Waals surface area contributed by atoms with Gasteiger partial charge in [0.15, 0.2) is 11.0 Å². The van der Waals surface area contributed by atoms with E-state index in [1.807, 2.05) is 18.2 Å². The highest BCUT2D eigenvalue weighted by Gasteiger charge is 2.16. The van der Waals surface area contributed by atoms with Crippen molar-refractivity contribution in [3.63, 3.8) is 0 Å². The van der Waals surface area contributed by atoms with Gasteiger partial charge in [0.1, 0.15) is 5.76 Å². The fraction of sp³-hybridized carbons (Fsp3) is 0.200. The maximum atomic E-state index is 5.54. The van der Waals surface area contributed by atoms with E-state index in [9.17, 15) is 0 Å². The van der Waals surface area contributed by atoms with Crippen LogP contribution in [0.2, 0.25) is 0 Å². The van der Waals surface area contributed by atoms with Gasteiger partial charge in [-0.15, -0.1) is 21.5 Å². The van der Waals surface area contributed by atoms with E-state index in [1.54, 1.807) is 29.4 Å². The molecule has 0 aliphatic rings. The molecule has 6 heteroatoms. The zero-order chi connectivity index (χ0) is 17.9. The number of rotatable bonds is 6. The van der Waals surface area contributed by atoms with Crippen LogP contribution >= 0.6 is 23.1 Å². The number of nitrogens with zero attached hydrogens (tertiary/aromatic N) is 3. The summed E-state index contributed by atoms with van der Waals surface area (Å²) >= 11 is 3.38. The predicted molar refractivity (Wildman–Crippen MR) is 107 cm³/mol. The van der Waals surface area contributed by atoms with Gasteiger partial charge in [-0.2, -0.15) is 0 Å². The van der Waals surface area contributed by atoms with E-state index in [-0.39, 0.29) is 0 Å². The van der Waals surface area contributed by atoms with Gasteiger partial charge in [0, 0.05) is 5.75 Å². The Hall–Kier alpha value is -2.31. The lowest BCUT2D eigenvalue weighted by Crippen LogP contribution is -2.03. The summed E-state index contributed by atoms with van der Waals surface area (Å²) in [6.45, 7) is 4.92. The third-order valence-corrected chi connectivity index (χ3v) is 6.20. The first-order valence-electron chi connectivity index (χ1n) is 8.39. The van der Waals surface area contributed by atoms with E-state index in [1.165, 1.54) is 16.7 Å². The summed E-state index contributed by atoms with van der Waals surface area (Å²) in [5, 5.41) is 11.9. The number of aromatic nitrogens is 3. The monoisotopic (exact) mass is 381 g/mol. The van der Waals surface area contributed by atoms with Crippen LogP contribution in [0.15, 0.2) is 63.7 Å². The van der Waals surface area contributed by atoms with Crippen molar-refractivity contribution in [2.75, 3.05) is 0 Å². The third-order valence-electron chi connectivity index (χ3n) is 4.29. The van der Waals surface area contributed by atoms with Crippen molar-refractivity contribution in [1.82, 2.24) is 14.8 Å². The van der Waals surface area contributed by atoms with Gasteiger partial charge in [0.05, 0.1) is 17.7 Å². The first kappa shape index (κ1) is 17.1. The van der Waals surface area contributed by atoms with Gasteiger partial charge in [0.25, 0.3) is 0 Å². The molecule has 0 radical (unpaired) electrons. The molecule has 0 fully saturated rings. The van der Waals surface area contributed by atoms with Crippen LogP contribution in [0.25, 0.3) is 10.7 Å². The number of hydrogen-bond acceptors (Lipinski definition) is 5. The highest BCUT2D eigenvalue weighted by molar-refractivity contribution is 7.98. The van der Waals surface area contributed by atoms with Crippen molar-refractivity contribution in [2.45, 2.75) is 31.3 Å². The molecule has 0 saturated carbocycles. The van der Waals surface area contributed by atoms with E-state index in [2.05, 4.69) is 58.3 Å². The van der Waals surface area contributed by atoms with Gasteiger partial charge >= 0.3 is 0 Å². The van der Waals surface area contributed by atoms with Crippen LogP contribution in [-0.2, 0) is 12.3 Å². The molecule has 4 aromatic rings. The Balaban J connectivity index is 1.61. The number of thiophene rings is 1. The minimum atomic E-state index is 0.627. The summed E-state index contributed by atoms with van der Waals surface area (Å²) in [6, 6.07) is 14.6. The lowest BCUT2D eigenvalue weighted by Gasteiger charge is -2.08. The van der Waals surface area contributed by atoms with Crippen molar-refractivity contribution >= 4 is 23.1 Å². The molecule has 3 heterocycles. The third kappa shape index (κ3) is 3.61. The van der Waals surface area contributed by atoms with Gasteiger partial charge in [-0.25, -0.2) is 0 Å². The Morgan fingerprint density at radius 2 is 2.00 bits per heavy atom. The number of aryl methyl sites for hydroxylation is 2. The topological polar surface area (TPSA) is 43.9 Å². The second-order valence-corrected chi connectivity index (χ2v) is 8.05. The van der Waals surface area contributed by atoms with Gasteiger partial charge in [0.2, 0.25) is 0 Å². The van der Waals surface area contributed by atoms with Crippen LogP contribution in [0.3, 0.4) is 0 Å². The Morgan fingerprint density at radius 1 is 1.08 bits per heavy atom. The van der Waals surface area contributed by atoms with Gasteiger partial charge < -0.3 is 4.42 Å². The summed E-state index contributed by atoms with van der Waals surface area (Å²) < 4.78 is 7.68. The first-order chi connectivity index (χ1) is 12.7. The Morgan fingerprint density at radius 3 is 2.73 bits per heavy atom. The average molecular weight is 382 g/mol. The number of hydrogen-bond donors (Lipinski definition) is 0. The molecule has 132 valence electrons. The van der Waals surface area contributed by atoms with E-state index in [4.69, 9.17) is 4.42 Å². The smallest absolute Gasteiger partial charge is 0.192 e. The SMILES string of the molecule is Cc1ccc(CSc2nnc(-c3cccs3)n2Cc2ccco2)cc1C. The van der Waals surface area contributed by atoms with Crippen LogP contribution < -0.4 is 0 Å². The molecule has 4 nitrogen and oxygen atoms in total. The van der Waals surface area contributed by atoms with Crippen LogP contribution in [0.1, 0.15) is 22.5 Å². The highest BCUT2D eigenvalue weighted by Crippen LogP contribution is 2.30. The Bertz CT molecular complexity index is 988. The summed E-state index contributed by atoms with van der Waals surface area (Å²) in [4.78, 5) is 1.11. The van der Waals surface area contributed by atoms with Crippen molar-refractivity contribution < 1.29 is 4.42 Å². The lowest BCUT2D eigenvalue weighted by atomic mass is 10.1. The molecule has 4 rings (SSSR count). The van der Waals surface area contributed by atoms with E-state index in [0.717, 1.165) is 27.4 Å². The standard InChI is InChI=1S/C20H19N3OS2/c1-14-7-8-16(11-15(14)2)13-26-20-22-21-19(18-6-4-10-25-18)23(20)12-17-5-3-9-24-17/h3-11H,12-13H2,1-2H3. The second-order valence-electron chi connectivity index (χ2n) is 6.16. The van der Waals surface area contributed by atoms with E-state index in [0.29, 0.717) is 6.54 Å². The summed E-state index contributed by atoms with van der Waals surface area (Å²) in [6.07, 6.45) is 1.70. The van der Waals surface area contributed by atoms with Crippen LogP contribution in [0.4, 0.5) is 0 Å². The number of thioether (sulfide) groups is 1. The number of furan rings is 1. The van der Waals surface area contributed by atoms with Crippen LogP contribution in [0, 0.1) is 13.8 Å². The van der Waals surface area contributed by atoms with E-state index < -0.39 is 0 Å². The first-order valence-corrected chi connectivity index (χ1v) is 10.3. The lowest BCUT2D eigenvalue weighted by molar-refractivity contribution is 0.485. The molecule has 0 unspecified atom stereocenters. The largest absolute Gasteiger partial charge is 0.467 e. The second kappa shape index (κ2) is 7.51. The molecule has 0 bridgehead atoms. The molecule has 0 aliphatic heterocycles. The zero-order valence-electron chi connectivity index (χ0n) is 14.7. The summed E-state index contributed by atoms with van der Waals surface area (Å²) in [7, 11) is 0. The fourth-order valence-corrected chi connectivity index (χ4v) is 4.32. The molecule has 26 heavy (non-hydrogen) atoms. The fourth-order valence-electron chi connectivity index (χ4n) is 2.73. The van der Waals surface area contributed by atoms with Gasteiger partial charge in [-0.05, 0) is 54.1 Å². The molecule has 3 aromatic heterocycles. The van der Waals surface area contributed by atoms with Crippen molar-refractivity contribution in [3.05, 3.63) is 76.6 Å². The number of benzene rings is 1. The van der Waals surface area contributed by atoms with Crippen molar-refractivity contribution in [1.29, 1.82) is 0 Å². The minimum absolute atomic E-state index is 0.627. The molecule has 1 aromatic carbocycles. The average Bonchev–Trinajstić information content (AvgIpc) is 3.38. The summed E-state index contributed by atoms with van der Waals surface area (Å²) in [5.41, 5.74) is 3.93. The maximum absolute atomic E-state index is 5.54.